The number of para-hydroxylation sites is 2. The Labute approximate surface area is 165 Å². The second-order valence-electron chi connectivity index (χ2n) is 5.71. The molecule has 0 atom stereocenters. The van der Waals surface area contributed by atoms with Gasteiger partial charge in [0.2, 0.25) is 5.82 Å². The Kier molecular flexibility index (Phi) is 5.18. The van der Waals surface area contributed by atoms with Crippen LogP contribution < -0.4 is 4.74 Å². The van der Waals surface area contributed by atoms with E-state index < -0.39 is 0 Å². The molecule has 0 aliphatic carbocycles. The maximum Gasteiger partial charge on any atom is 0.205 e. The van der Waals surface area contributed by atoms with Crippen LogP contribution in [-0.2, 0) is 5.75 Å². The number of halogens is 1. The maximum absolute atomic E-state index is 5.97. The SMILES string of the molecule is COc1ccccc1-n1c(SCc2ccc(Cl)cc2)nnc1-c1ccco1. The summed E-state index contributed by atoms with van der Waals surface area (Å²) in [5.74, 6) is 2.75. The molecule has 27 heavy (non-hydrogen) atoms. The van der Waals surface area contributed by atoms with E-state index in [9.17, 15) is 0 Å². The van der Waals surface area contributed by atoms with Crippen LogP contribution in [0.4, 0.5) is 0 Å². The van der Waals surface area contributed by atoms with Crippen molar-refractivity contribution in [2.45, 2.75) is 10.9 Å². The zero-order valence-corrected chi connectivity index (χ0v) is 16.1. The molecule has 2 aromatic heterocycles. The highest BCUT2D eigenvalue weighted by atomic mass is 35.5. The number of methoxy groups -OCH3 is 1. The summed E-state index contributed by atoms with van der Waals surface area (Å²) in [6.45, 7) is 0. The standard InChI is InChI=1S/C20H16ClN3O2S/c1-25-17-6-3-2-5-16(17)24-19(18-7-4-12-26-18)22-23-20(24)27-13-14-8-10-15(21)11-9-14/h2-12H,13H2,1H3. The van der Waals surface area contributed by atoms with Crippen molar-refractivity contribution in [1.29, 1.82) is 0 Å². The molecule has 0 aliphatic heterocycles. The predicted octanol–water partition coefficient (Wildman–Crippen LogP) is 5.48. The molecule has 0 spiro atoms. The smallest absolute Gasteiger partial charge is 0.205 e. The van der Waals surface area contributed by atoms with Gasteiger partial charge >= 0.3 is 0 Å². The first-order chi connectivity index (χ1) is 13.3. The molecule has 0 radical (unpaired) electrons. The van der Waals surface area contributed by atoms with E-state index in [4.69, 9.17) is 20.8 Å². The normalized spacial score (nSPS) is 10.9. The minimum atomic E-state index is 0.628. The lowest BCUT2D eigenvalue weighted by Crippen LogP contribution is -2.02. The Morgan fingerprint density at radius 1 is 1.04 bits per heavy atom. The van der Waals surface area contributed by atoms with Crippen molar-refractivity contribution in [2.75, 3.05) is 7.11 Å². The van der Waals surface area contributed by atoms with E-state index in [0.29, 0.717) is 11.6 Å². The van der Waals surface area contributed by atoms with Crippen molar-refractivity contribution >= 4 is 23.4 Å². The number of nitrogens with zero attached hydrogens (tertiary/aromatic N) is 3. The topological polar surface area (TPSA) is 53.1 Å². The van der Waals surface area contributed by atoms with Crippen LogP contribution in [0.2, 0.25) is 5.02 Å². The van der Waals surface area contributed by atoms with Gasteiger partial charge in [-0.2, -0.15) is 0 Å². The number of benzene rings is 2. The number of furan rings is 1. The second-order valence-corrected chi connectivity index (χ2v) is 7.08. The van der Waals surface area contributed by atoms with Crippen molar-refractivity contribution in [3.8, 4) is 23.0 Å². The Hall–Kier alpha value is -2.70. The van der Waals surface area contributed by atoms with Crippen LogP contribution in [0, 0.1) is 0 Å². The summed E-state index contributed by atoms with van der Waals surface area (Å²) >= 11 is 7.56. The molecular formula is C20H16ClN3O2S. The van der Waals surface area contributed by atoms with Crippen LogP contribution in [0.1, 0.15) is 5.56 Å². The van der Waals surface area contributed by atoms with E-state index in [1.165, 1.54) is 0 Å². The molecule has 0 N–H and O–H groups in total. The molecule has 2 heterocycles. The van der Waals surface area contributed by atoms with E-state index in [1.54, 1.807) is 25.1 Å². The fraction of sp³-hybridized carbons (Fsp3) is 0.100. The Bertz CT molecular complexity index is 1030. The summed E-state index contributed by atoms with van der Waals surface area (Å²) in [5.41, 5.74) is 2.01. The van der Waals surface area contributed by atoms with Crippen molar-refractivity contribution in [3.05, 3.63) is 77.5 Å². The minimum Gasteiger partial charge on any atom is -0.495 e. The molecule has 0 unspecified atom stereocenters. The highest BCUT2D eigenvalue weighted by Crippen LogP contribution is 2.33. The lowest BCUT2D eigenvalue weighted by atomic mass is 10.2. The third kappa shape index (κ3) is 3.72. The molecule has 7 heteroatoms. The molecule has 0 saturated carbocycles. The van der Waals surface area contributed by atoms with Gasteiger partial charge in [0.25, 0.3) is 0 Å². The van der Waals surface area contributed by atoms with Gasteiger partial charge in [-0.1, -0.05) is 47.6 Å². The largest absolute Gasteiger partial charge is 0.495 e. The average molecular weight is 398 g/mol. The molecule has 4 aromatic rings. The minimum absolute atomic E-state index is 0.628. The summed E-state index contributed by atoms with van der Waals surface area (Å²) in [6.07, 6.45) is 1.62. The molecule has 0 amide bonds. The first-order valence-corrected chi connectivity index (χ1v) is 9.62. The first kappa shape index (κ1) is 17.7. The lowest BCUT2D eigenvalue weighted by molar-refractivity contribution is 0.412. The monoisotopic (exact) mass is 397 g/mol. The number of hydrogen-bond acceptors (Lipinski definition) is 5. The van der Waals surface area contributed by atoms with Gasteiger partial charge in [-0.25, -0.2) is 0 Å². The Morgan fingerprint density at radius 2 is 1.85 bits per heavy atom. The molecule has 0 saturated heterocycles. The highest BCUT2D eigenvalue weighted by molar-refractivity contribution is 7.98. The third-order valence-corrected chi connectivity index (χ3v) is 5.23. The van der Waals surface area contributed by atoms with Crippen LogP contribution in [0.25, 0.3) is 17.3 Å². The second kappa shape index (κ2) is 7.90. The summed E-state index contributed by atoms with van der Waals surface area (Å²) in [5, 5.41) is 10.2. The molecule has 0 bridgehead atoms. The zero-order valence-electron chi connectivity index (χ0n) is 14.5. The predicted molar refractivity (Wildman–Crippen MR) is 107 cm³/mol. The van der Waals surface area contributed by atoms with Gasteiger partial charge in [-0.15, -0.1) is 10.2 Å². The van der Waals surface area contributed by atoms with Crippen LogP contribution in [0.15, 0.2) is 76.5 Å². The van der Waals surface area contributed by atoms with Crippen molar-refractivity contribution in [3.63, 3.8) is 0 Å². The van der Waals surface area contributed by atoms with Gasteiger partial charge in [0, 0.05) is 10.8 Å². The van der Waals surface area contributed by atoms with E-state index in [1.807, 2.05) is 65.2 Å². The third-order valence-electron chi connectivity index (χ3n) is 3.98. The quantitative estimate of drug-likeness (QED) is 0.403. The van der Waals surface area contributed by atoms with E-state index in [0.717, 1.165) is 32.9 Å². The lowest BCUT2D eigenvalue weighted by Gasteiger charge is -2.13. The summed E-state index contributed by atoms with van der Waals surface area (Å²) in [4.78, 5) is 0. The number of ether oxygens (including phenoxy) is 1. The van der Waals surface area contributed by atoms with Gasteiger partial charge in [0.1, 0.15) is 5.75 Å². The van der Waals surface area contributed by atoms with Crippen LogP contribution >= 0.6 is 23.4 Å². The van der Waals surface area contributed by atoms with Crippen molar-refractivity contribution < 1.29 is 9.15 Å². The summed E-state index contributed by atoms with van der Waals surface area (Å²) in [7, 11) is 1.65. The van der Waals surface area contributed by atoms with Gasteiger partial charge < -0.3 is 9.15 Å². The molecule has 2 aromatic carbocycles. The maximum atomic E-state index is 5.97. The summed E-state index contributed by atoms with van der Waals surface area (Å²) < 4.78 is 13.1. The van der Waals surface area contributed by atoms with Crippen LogP contribution in [0.3, 0.4) is 0 Å². The van der Waals surface area contributed by atoms with Crippen molar-refractivity contribution in [1.82, 2.24) is 14.8 Å². The number of aromatic nitrogens is 3. The van der Waals surface area contributed by atoms with Crippen molar-refractivity contribution in [2.24, 2.45) is 0 Å². The fourth-order valence-electron chi connectivity index (χ4n) is 2.69. The molecule has 0 aliphatic rings. The summed E-state index contributed by atoms with van der Waals surface area (Å²) in [6, 6.07) is 19.3. The molecule has 5 nitrogen and oxygen atoms in total. The van der Waals surface area contributed by atoms with Gasteiger partial charge in [-0.05, 0) is 42.0 Å². The number of rotatable bonds is 6. The van der Waals surface area contributed by atoms with E-state index in [2.05, 4.69) is 10.2 Å². The number of hydrogen-bond donors (Lipinski definition) is 0. The highest BCUT2D eigenvalue weighted by Gasteiger charge is 2.20. The van der Waals surface area contributed by atoms with Crippen LogP contribution in [-0.4, -0.2) is 21.9 Å². The first-order valence-electron chi connectivity index (χ1n) is 8.26. The van der Waals surface area contributed by atoms with E-state index >= 15 is 0 Å². The molecule has 136 valence electrons. The Morgan fingerprint density at radius 3 is 2.59 bits per heavy atom. The van der Waals surface area contributed by atoms with E-state index in [-0.39, 0.29) is 0 Å². The average Bonchev–Trinajstić information content (AvgIpc) is 3.37. The number of thioether (sulfide) groups is 1. The van der Waals surface area contributed by atoms with Gasteiger partial charge in [0.15, 0.2) is 10.9 Å². The van der Waals surface area contributed by atoms with Gasteiger partial charge in [-0.3, -0.25) is 4.57 Å². The molecule has 0 fully saturated rings. The van der Waals surface area contributed by atoms with Gasteiger partial charge in [0.05, 0.1) is 19.1 Å². The fourth-order valence-corrected chi connectivity index (χ4v) is 3.72. The Balaban J connectivity index is 1.74. The molecule has 4 rings (SSSR count). The zero-order chi connectivity index (χ0) is 18.6. The molecular weight excluding hydrogens is 382 g/mol. The van der Waals surface area contributed by atoms with Crippen LogP contribution in [0.5, 0.6) is 5.75 Å².